The van der Waals surface area contributed by atoms with Crippen LogP contribution in [0.2, 0.25) is 5.02 Å². The molecule has 174 valence electrons. The Morgan fingerprint density at radius 1 is 1.18 bits per heavy atom. The molecule has 9 heteroatoms. The number of halogens is 4. The van der Waals surface area contributed by atoms with Crippen LogP contribution in [0.25, 0.3) is 5.69 Å². The fourth-order valence-electron chi connectivity index (χ4n) is 4.18. The van der Waals surface area contributed by atoms with Crippen molar-refractivity contribution < 1.29 is 22.7 Å². The summed E-state index contributed by atoms with van der Waals surface area (Å²) in [6.07, 6.45) is -1.59. The van der Waals surface area contributed by atoms with Gasteiger partial charge in [0.25, 0.3) is 5.91 Å². The van der Waals surface area contributed by atoms with Gasteiger partial charge in [0, 0.05) is 30.2 Å². The molecular weight excluding hydrogens is 455 g/mol. The first kappa shape index (κ1) is 23.3. The monoisotopic (exact) mass is 477 g/mol. The second kappa shape index (κ2) is 9.19. The highest BCUT2D eigenvalue weighted by Gasteiger charge is 2.35. The van der Waals surface area contributed by atoms with E-state index in [4.69, 9.17) is 16.3 Å². The third-order valence-electron chi connectivity index (χ3n) is 6.17. The lowest BCUT2D eigenvalue weighted by Gasteiger charge is -2.38. The molecule has 0 radical (unpaired) electrons. The highest BCUT2D eigenvalue weighted by molar-refractivity contribution is 6.30. The molecule has 1 aromatic heterocycles. The molecule has 1 amide bonds. The zero-order chi connectivity index (χ0) is 23.6. The first-order chi connectivity index (χ1) is 15.7. The SMILES string of the molecule is Cc1c(C(=O)NCC2(c3ccc(Cl)cc3)CCOCC2)cnn1-c1cccc(C(F)(F)F)c1. The Kier molecular flexibility index (Phi) is 6.50. The summed E-state index contributed by atoms with van der Waals surface area (Å²) in [5.74, 6) is -0.328. The summed E-state index contributed by atoms with van der Waals surface area (Å²) in [4.78, 5) is 13.0. The van der Waals surface area contributed by atoms with Gasteiger partial charge in [-0.2, -0.15) is 18.3 Å². The fourth-order valence-corrected chi connectivity index (χ4v) is 4.31. The Morgan fingerprint density at radius 2 is 1.88 bits per heavy atom. The average Bonchev–Trinajstić information content (AvgIpc) is 3.19. The lowest BCUT2D eigenvalue weighted by atomic mass is 9.74. The molecule has 1 saturated heterocycles. The molecule has 1 aliphatic heterocycles. The molecule has 5 nitrogen and oxygen atoms in total. The summed E-state index contributed by atoms with van der Waals surface area (Å²) >= 11 is 6.04. The van der Waals surface area contributed by atoms with Crippen molar-refractivity contribution in [2.45, 2.75) is 31.4 Å². The first-order valence-corrected chi connectivity index (χ1v) is 10.9. The van der Waals surface area contributed by atoms with Crippen molar-refractivity contribution in [2.24, 2.45) is 0 Å². The second-order valence-electron chi connectivity index (χ2n) is 8.19. The second-order valence-corrected chi connectivity index (χ2v) is 8.62. The molecule has 0 bridgehead atoms. The Bertz CT molecular complexity index is 1140. The van der Waals surface area contributed by atoms with Gasteiger partial charge in [0.1, 0.15) is 0 Å². The molecule has 0 atom stereocenters. The highest BCUT2D eigenvalue weighted by atomic mass is 35.5. The van der Waals surface area contributed by atoms with Crippen LogP contribution in [0.3, 0.4) is 0 Å². The van der Waals surface area contributed by atoms with Crippen LogP contribution in [-0.2, 0) is 16.3 Å². The Morgan fingerprint density at radius 3 is 2.55 bits per heavy atom. The molecule has 4 rings (SSSR count). The number of rotatable bonds is 5. The Hall–Kier alpha value is -2.84. The van der Waals surface area contributed by atoms with E-state index in [1.165, 1.54) is 23.0 Å². The summed E-state index contributed by atoms with van der Waals surface area (Å²) in [7, 11) is 0. The predicted octanol–water partition coefficient (Wildman–Crippen LogP) is 5.33. The molecule has 1 N–H and O–H groups in total. The number of ether oxygens (including phenoxy) is 1. The number of nitrogens with one attached hydrogen (secondary N) is 1. The Balaban J connectivity index is 1.54. The number of nitrogens with zero attached hydrogens (tertiary/aromatic N) is 2. The molecule has 2 aromatic carbocycles. The number of alkyl halides is 3. The van der Waals surface area contributed by atoms with Gasteiger partial charge in [-0.25, -0.2) is 4.68 Å². The van der Waals surface area contributed by atoms with Crippen molar-refractivity contribution in [1.29, 1.82) is 0 Å². The van der Waals surface area contributed by atoms with Crippen LogP contribution >= 0.6 is 11.6 Å². The first-order valence-electron chi connectivity index (χ1n) is 10.5. The van der Waals surface area contributed by atoms with Gasteiger partial charge in [-0.1, -0.05) is 29.8 Å². The average molecular weight is 478 g/mol. The lowest BCUT2D eigenvalue weighted by Crippen LogP contribution is -2.44. The van der Waals surface area contributed by atoms with Gasteiger partial charge in [-0.15, -0.1) is 0 Å². The maximum atomic E-state index is 13.1. The standard InChI is InChI=1S/C24H23ClF3N3O2/c1-16-21(14-30-31(16)20-4-2-3-18(13-20)24(26,27)28)22(32)29-15-23(9-11-33-12-10-23)17-5-7-19(25)8-6-17/h2-8,13-14H,9-12,15H2,1H3,(H,29,32). The Labute approximate surface area is 194 Å². The molecular formula is C24H23ClF3N3O2. The fraction of sp³-hybridized carbons (Fsp3) is 0.333. The van der Waals surface area contributed by atoms with Crippen molar-refractivity contribution in [3.05, 3.63) is 82.1 Å². The third-order valence-corrected chi connectivity index (χ3v) is 6.42. The van der Waals surface area contributed by atoms with Crippen molar-refractivity contribution in [2.75, 3.05) is 19.8 Å². The summed E-state index contributed by atoms with van der Waals surface area (Å²) in [5.41, 5.74) is 1.02. The van der Waals surface area contributed by atoms with Gasteiger partial charge < -0.3 is 10.1 Å². The number of hydrogen-bond acceptors (Lipinski definition) is 3. The zero-order valence-corrected chi connectivity index (χ0v) is 18.7. The maximum Gasteiger partial charge on any atom is 0.416 e. The van der Waals surface area contributed by atoms with Crippen LogP contribution in [0.15, 0.2) is 54.7 Å². The zero-order valence-electron chi connectivity index (χ0n) is 18.0. The summed E-state index contributed by atoms with van der Waals surface area (Å²) in [5, 5.41) is 7.81. The lowest BCUT2D eigenvalue weighted by molar-refractivity contribution is -0.137. The van der Waals surface area contributed by atoms with Gasteiger partial charge in [0.2, 0.25) is 0 Å². The van der Waals surface area contributed by atoms with E-state index in [-0.39, 0.29) is 17.0 Å². The van der Waals surface area contributed by atoms with E-state index < -0.39 is 11.7 Å². The largest absolute Gasteiger partial charge is 0.416 e. The third kappa shape index (κ3) is 4.91. The van der Waals surface area contributed by atoms with E-state index in [2.05, 4.69) is 10.4 Å². The predicted molar refractivity (Wildman–Crippen MR) is 119 cm³/mol. The topological polar surface area (TPSA) is 56.1 Å². The molecule has 0 spiro atoms. The van der Waals surface area contributed by atoms with Crippen LogP contribution in [0, 0.1) is 6.92 Å². The van der Waals surface area contributed by atoms with E-state index >= 15 is 0 Å². The van der Waals surface area contributed by atoms with Crippen LogP contribution in [0.4, 0.5) is 13.2 Å². The van der Waals surface area contributed by atoms with E-state index in [9.17, 15) is 18.0 Å². The van der Waals surface area contributed by atoms with Crippen molar-refractivity contribution in [3.8, 4) is 5.69 Å². The molecule has 0 unspecified atom stereocenters. The summed E-state index contributed by atoms with van der Waals surface area (Å²) in [6, 6.07) is 12.5. The van der Waals surface area contributed by atoms with Gasteiger partial charge >= 0.3 is 6.18 Å². The van der Waals surface area contributed by atoms with Crippen LogP contribution in [-0.4, -0.2) is 35.4 Å². The van der Waals surface area contributed by atoms with Gasteiger partial charge in [-0.05, 0) is 55.7 Å². The normalized spacial score (nSPS) is 15.9. The molecule has 1 aliphatic rings. The maximum absolute atomic E-state index is 13.1. The molecule has 2 heterocycles. The minimum absolute atomic E-state index is 0.239. The number of amides is 1. The minimum Gasteiger partial charge on any atom is -0.381 e. The summed E-state index contributed by atoms with van der Waals surface area (Å²) in [6.45, 7) is 3.23. The number of aromatic nitrogens is 2. The van der Waals surface area contributed by atoms with Crippen LogP contribution in [0.5, 0.6) is 0 Å². The molecule has 0 aliphatic carbocycles. The van der Waals surface area contributed by atoms with Crippen molar-refractivity contribution in [3.63, 3.8) is 0 Å². The van der Waals surface area contributed by atoms with Gasteiger partial charge in [0.15, 0.2) is 0 Å². The summed E-state index contributed by atoms with van der Waals surface area (Å²) < 4.78 is 46.1. The number of carbonyl (C=O) groups is 1. The van der Waals surface area contributed by atoms with E-state index in [1.807, 2.05) is 24.3 Å². The van der Waals surface area contributed by atoms with Crippen LogP contribution < -0.4 is 5.32 Å². The van der Waals surface area contributed by atoms with E-state index in [0.29, 0.717) is 36.0 Å². The van der Waals surface area contributed by atoms with Gasteiger partial charge in [0.05, 0.1) is 28.7 Å². The molecule has 0 saturated carbocycles. The van der Waals surface area contributed by atoms with Crippen molar-refractivity contribution in [1.82, 2.24) is 15.1 Å². The van der Waals surface area contributed by atoms with Gasteiger partial charge in [-0.3, -0.25) is 4.79 Å². The highest BCUT2D eigenvalue weighted by Crippen LogP contribution is 2.35. The minimum atomic E-state index is -4.46. The number of hydrogen-bond donors (Lipinski definition) is 1. The number of carbonyl (C=O) groups excluding carboxylic acids is 1. The number of benzene rings is 2. The molecule has 3 aromatic rings. The van der Waals surface area contributed by atoms with Crippen molar-refractivity contribution >= 4 is 17.5 Å². The van der Waals surface area contributed by atoms with E-state index in [1.54, 1.807) is 6.92 Å². The van der Waals surface area contributed by atoms with Crippen LogP contribution in [0.1, 0.15) is 40.0 Å². The molecule has 33 heavy (non-hydrogen) atoms. The molecule has 1 fully saturated rings. The quantitative estimate of drug-likeness (QED) is 0.540. The smallest absolute Gasteiger partial charge is 0.381 e. The van der Waals surface area contributed by atoms with E-state index in [0.717, 1.165) is 30.5 Å².